The number of rotatable bonds is 4. The van der Waals surface area contributed by atoms with E-state index in [-0.39, 0.29) is 29.3 Å². The zero-order valence-electron chi connectivity index (χ0n) is 13.9. The van der Waals surface area contributed by atoms with Gasteiger partial charge in [-0.2, -0.15) is 0 Å². The van der Waals surface area contributed by atoms with Gasteiger partial charge in [-0.05, 0) is 43.2 Å². The fourth-order valence-electron chi connectivity index (χ4n) is 2.74. The lowest BCUT2D eigenvalue weighted by molar-refractivity contribution is -0.116. The molecular formula is C18H18N2O4S. The number of amides is 2. The van der Waals surface area contributed by atoms with E-state index in [1.165, 1.54) is 12.1 Å². The molecule has 0 bridgehead atoms. The highest BCUT2D eigenvalue weighted by Gasteiger charge is 2.40. The Morgan fingerprint density at radius 3 is 2.56 bits per heavy atom. The fraction of sp³-hybridized carbons (Fsp3) is 0.222. The van der Waals surface area contributed by atoms with Crippen LogP contribution in [0.15, 0.2) is 47.4 Å². The largest absolute Gasteiger partial charge is 0.326 e. The molecule has 2 aromatic carbocycles. The predicted octanol–water partition coefficient (Wildman–Crippen LogP) is 2.48. The molecule has 7 heteroatoms. The monoisotopic (exact) mass is 358 g/mol. The molecule has 3 rings (SSSR count). The Hall–Kier alpha value is -2.67. The number of benzene rings is 2. The van der Waals surface area contributed by atoms with Gasteiger partial charge in [-0.1, -0.05) is 24.3 Å². The number of fused-ring (bicyclic) bond motifs is 1. The zero-order chi connectivity index (χ0) is 18.2. The van der Waals surface area contributed by atoms with Crippen LogP contribution in [0.3, 0.4) is 0 Å². The normalized spacial score (nSPS) is 15.1. The maximum Gasteiger partial charge on any atom is 0.269 e. The van der Waals surface area contributed by atoms with Gasteiger partial charge in [0.15, 0.2) is 0 Å². The van der Waals surface area contributed by atoms with E-state index in [1.54, 1.807) is 12.1 Å². The van der Waals surface area contributed by atoms with Crippen molar-refractivity contribution in [3.63, 3.8) is 0 Å². The third kappa shape index (κ3) is 3.15. The molecule has 0 unspecified atom stereocenters. The number of anilines is 1. The van der Waals surface area contributed by atoms with Gasteiger partial charge in [-0.3, -0.25) is 9.59 Å². The minimum atomic E-state index is -3.88. The van der Waals surface area contributed by atoms with Crippen LogP contribution in [0.25, 0.3) is 0 Å². The lowest BCUT2D eigenvalue weighted by Crippen LogP contribution is -2.33. The van der Waals surface area contributed by atoms with Gasteiger partial charge in [0.25, 0.3) is 15.9 Å². The van der Waals surface area contributed by atoms with Gasteiger partial charge in [0.2, 0.25) is 5.91 Å². The molecule has 25 heavy (non-hydrogen) atoms. The Morgan fingerprint density at radius 2 is 1.84 bits per heavy atom. The summed E-state index contributed by atoms with van der Waals surface area (Å²) >= 11 is 0. The molecule has 130 valence electrons. The Labute approximate surface area is 146 Å². The second-order valence-electron chi connectivity index (χ2n) is 6.00. The Kier molecular flexibility index (Phi) is 4.34. The number of carbonyl (C=O) groups excluding carboxylic acids is 2. The van der Waals surface area contributed by atoms with Crippen LogP contribution >= 0.6 is 0 Å². The van der Waals surface area contributed by atoms with Gasteiger partial charge < -0.3 is 5.32 Å². The smallest absolute Gasteiger partial charge is 0.269 e. The average Bonchev–Trinajstić information content (AvgIpc) is 2.76. The molecule has 1 aliphatic heterocycles. The molecule has 6 nitrogen and oxygen atoms in total. The highest BCUT2D eigenvalue weighted by molar-refractivity contribution is 7.90. The Morgan fingerprint density at radius 1 is 1.12 bits per heavy atom. The number of aryl methyl sites for hydroxylation is 2. The van der Waals surface area contributed by atoms with Crippen molar-refractivity contribution in [2.45, 2.75) is 25.2 Å². The maximum absolute atomic E-state index is 12.4. The summed E-state index contributed by atoms with van der Waals surface area (Å²) in [4.78, 5) is 24.5. The SMILES string of the molecule is Cc1ccc(C)c(NC(=O)CCN2C(=O)c3ccccc3S2(=O)=O)c1. The zero-order valence-corrected chi connectivity index (χ0v) is 14.8. The van der Waals surface area contributed by atoms with Gasteiger partial charge in [0, 0.05) is 18.7 Å². The summed E-state index contributed by atoms with van der Waals surface area (Å²) in [7, 11) is -3.88. The summed E-state index contributed by atoms with van der Waals surface area (Å²) in [6.45, 7) is 3.61. The van der Waals surface area contributed by atoms with E-state index in [1.807, 2.05) is 32.0 Å². The Bertz CT molecular complexity index is 967. The van der Waals surface area contributed by atoms with E-state index in [4.69, 9.17) is 0 Å². The van der Waals surface area contributed by atoms with Crippen LogP contribution < -0.4 is 5.32 Å². The van der Waals surface area contributed by atoms with E-state index >= 15 is 0 Å². The van der Waals surface area contributed by atoms with Gasteiger partial charge in [-0.25, -0.2) is 12.7 Å². The molecule has 0 saturated heterocycles. The minimum absolute atomic E-state index is 0.00469. The molecule has 1 heterocycles. The molecule has 2 aromatic rings. The molecule has 0 saturated carbocycles. The van der Waals surface area contributed by atoms with E-state index in [2.05, 4.69) is 5.32 Å². The van der Waals surface area contributed by atoms with Crippen molar-refractivity contribution in [2.75, 3.05) is 11.9 Å². The first-order valence-corrected chi connectivity index (χ1v) is 9.28. The van der Waals surface area contributed by atoms with Crippen molar-refractivity contribution in [3.05, 3.63) is 59.2 Å². The van der Waals surface area contributed by atoms with E-state index in [0.717, 1.165) is 15.4 Å². The average molecular weight is 358 g/mol. The summed E-state index contributed by atoms with van der Waals surface area (Å²) in [6, 6.07) is 11.8. The molecule has 1 N–H and O–H groups in total. The molecular weight excluding hydrogens is 340 g/mol. The van der Waals surface area contributed by atoms with E-state index in [9.17, 15) is 18.0 Å². The first-order valence-electron chi connectivity index (χ1n) is 7.84. The van der Waals surface area contributed by atoms with Crippen LogP contribution in [0, 0.1) is 13.8 Å². The topological polar surface area (TPSA) is 83.6 Å². The van der Waals surface area contributed by atoms with E-state index in [0.29, 0.717) is 5.69 Å². The standard InChI is InChI=1S/C18H18N2O4S/c1-12-7-8-13(2)15(11-12)19-17(21)9-10-20-18(22)14-5-3-4-6-16(14)25(20,23)24/h3-8,11H,9-10H2,1-2H3,(H,19,21). The first kappa shape index (κ1) is 17.2. The predicted molar refractivity (Wildman–Crippen MR) is 93.8 cm³/mol. The first-order chi connectivity index (χ1) is 11.8. The van der Waals surface area contributed by atoms with Crippen molar-refractivity contribution in [3.8, 4) is 0 Å². The van der Waals surface area contributed by atoms with Crippen molar-refractivity contribution in [2.24, 2.45) is 0 Å². The molecule has 0 aromatic heterocycles. The highest BCUT2D eigenvalue weighted by Crippen LogP contribution is 2.29. The number of hydrogen-bond donors (Lipinski definition) is 1. The van der Waals surface area contributed by atoms with Crippen molar-refractivity contribution in [1.82, 2.24) is 4.31 Å². The van der Waals surface area contributed by atoms with Crippen LogP contribution in [-0.2, 0) is 14.8 Å². The maximum atomic E-state index is 12.4. The van der Waals surface area contributed by atoms with Crippen molar-refractivity contribution in [1.29, 1.82) is 0 Å². The quantitative estimate of drug-likeness (QED) is 0.910. The third-order valence-corrected chi connectivity index (χ3v) is 5.96. The van der Waals surface area contributed by atoms with Gasteiger partial charge >= 0.3 is 0 Å². The molecule has 0 fully saturated rings. The molecule has 2 amide bonds. The van der Waals surface area contributed by atoms with Crippen molar-refractivity contribution >= 4 is 27.5 Å². The van der Waals surface area contributed by atoms with Gasteiger partial charge in [-0.15, -0.1) is 0 Å². The molecule has 1 aliphatic rings. The summed E-state index contributed by atoms with van der Waals surface area (Å²) < 4.78 is 25.6. The number of carbonyl (C=O) groups is 2. The van der Waals surface area contributed by atoms with Gasteiger partial charge in [0.05, 0.1) is 5.56 Å². The number of hydrogen-bond acceptors (Lipinski definition) is 4. The van der Waals surface area contributed by atoms with Crippen LogP contribution in [-0.4, -0.2) is 31.1 Å². The molecule has 0 aliphatic carbocycles. The number of nitrogens with zero attached hydrogens (tertiary/aromatic N) is 1. The summed E-state index contributed by atoms with van der Waals surface area (Å²) in [5.41, 5.74) is 2.76. The van der Waals surface area contributed by atoms with Crippen LogP contribution in [0.5, 0.6) is 0 Å². The summed E-state index contributed by atoms with van der Waals surface area (Å²) in [5, 5.41) is 2.77. The lowest BCUT2D eigenvalue weighted by atomic mass is 10.1. The summed E-state index contributed by atoms with van der Waals surface area (Å²) in [6.07, 6.45) is -0.105. The van der Waals surface area contributed by atoms with Crippen LogP contribution in [0.1, 0.15) is 27.9 Å². The van der Waals surface area contributed by atoms with Gasteiger partial charge in [0.1, 0.15) is 4.90 Å². The number of sulfonamides is 1. The molecule has 0 atom stereocenters. The second kappa shape index (κ2) is 6.33. The molecule has 0 radical (unpaired) electrons. The summed E-state index contributed by atoms with van der Waals surface area (Å²) in [5.74, 6) is -0.928. The number of nitrogens with one attached hydrogen (secondary N) is 1. The molecule has 0 spiro atoms. The van der Waals surface area contributed by atoms with E-state index < -0.39 is 15.9 Å². The second-order valence-corrected chi connectivity index (χ2v) is 7.83. The lowest BCUT2D eigenvalue weighted by Gasteiger charge is -2.15. The minimum Gasteiger partial charge on any atom is -0.326 e. The highest BCUT2D eigenvalue weighted by atomic mass is 32.2. The van der Waals surface area contributed by atoms with Crippen LogP contribution in [0.2, 0.25) is 0 Å². The Balaban J connectivity index is 1.71. The fourth-order valence-corrected chi connectivity index (χ4v) is 4.31. The van der Waals surface area contributed by atoms with Crippen molar-refractivity contribution < 1.29 is 18.0 Å². The third-order valence-electron chi connectivity index (χ3n) is 4.12. The van der Waals surface area contributed by atoms with Crippen LogP contribution in [0.4, 0.5) is 5.69 Å².